The second-order valence-corrected chi connectivity index (χ2v) is 4.66. The summed E-state index contributed by atoms with van der Waals surface area (Å²) in [4.78, 5) is 10.7. The quantitative estimate of drug-likeness (QED) is 0.755. The minimum atomic E-state index is 0.389. The molecule has 2 rings (SSSR count). The highest BCUT2D eigenvalue weighted by Crippen LogP contribution is 2.18. The summed E-state index contributed by atoms with van der Waals surface area (Å²) in [6, 6.07) is 0.657. The number of rotatable bonds is 5. The van der Waals surface area contributed by atoms with Gasteiger partial charge in [-0.25, -0.2) is 4.98 Å². The molecule has 4 nitrogen and oxygen atoms in total. The molecule has 0 amide bonds. The summed E-state index contributed by atoms with van der Waals surface area (Å²) >= 11 is 5.64. The largest absolute Gasteiger partial charge is 0.477 e. The second-order valence-electron chi connectivity index (χ2n) is 4.39. The molecule has 1 fully saturated rings. The molecule has 17 heavy (non-hydrogen) atoms. The van der Waals surface area contributed by atoms with Crippen LogP contribution in [-0.2, 0) is 5.88 Å². The number of halogens is 1. The van der Waals surface area contributed by atoms with Crippen LogP contribution < -0.4 is 4.74 Å². The molecule has 5 heteroatoms. The van der Waals surface area contributed by atoms with Crippen LogP contribution in [0.2, 0.25) is 0 Å². The second kappa shape index (κ2) is 6.17. The first kappa shape index (κ1) is 12.6. The molecule has 2 heterocycles. The Bertz CT molecular complexity index is 344. The monoisotopic (exact) mass is 255 g/mol. The molecule has 0 N–H and O–H groups in total. The van der Waals surface area contributed by atoms with Crippen molar-refractivity contribution < 1.29 is 4.74 Å². The van der Waals surface area contributed by atoms with Crippen molar-refractivity contribution in [2.24, 2.45) is 0 Å². The van der Waals surface area contributed by atoms with Gasteiger partial charge in [-0.2, -0.15) is 0 Å². The average molecular weight is 256 g/mol. The summed E-state index contributed by atoms with van der Waals surface area (Å²) in [5.41, 5.74) is 0.773. The van der Waals surface area contributed by atoms with E-state index in [1.54, 1.807) is 12.4 Å². The zero-order chi connectivity index (χ0) is 12.1. The zero-order valence-corrected chi connectivity index (χ0v) is 10.9. The number of ether oxygens (including phenoxy) is 1. The van der Waals surface area contributed by atoms with Crippen molar-refractivity contribution in [1.29, 1.82) is 0 Å². The molecule has 0 saturated carbocycles. The van der Waals surface area contributed by atoms with Gasteiger partial charge in [0.1, 0.15) is 0 Å². The molecular formula is C12H18ClN3O. The Morgan fingerprint density at radius 3 is 2.94 bits per heavy atom. The van der Waals surface area contributed by atoms with E-state index in [9.17, 15) is 0 Å². The predicted octanol–water partition coefficient (Wildman–Crippen LogP) is 2.08. The fraction of sp³-hybridized carbons (Fsp3) is 0.667. The highest BCUT2D eigenvalue weighted by atomic mass is 35.5. The van der Waals surface area contributed by atoms with Gasteiger partial charge >= 0.3 is 0 Å². The zero-order valence-electron chi connectivity index (χ0n) is 10.1. The standard InChI is InChI=1S/C12H18ClN3O/c1-16-5-2-3-11(16)4-6-17-12-9-14-10(7-13)8-15-12/h8-9,11H,2-7H2,1H3. The fourth-order valence-electron chi connectivity index (χ4n) is 2.13. The van der Waals surface area contributed by atoms with Gasteiger partial charge in [-0.1, -0.05) is 0 Å². The minimum absolute atomic E-state index is 0.389. The molecule has 0 spiro atoms. The molecule has 0 radical (unpaired) electrons. The van der Waals surface area contributed by atoms with Gasteiger partial charge in [-0.05, 0) is 32.9 Å². The minimum Gasteiger partial charge on any atom is -0.477 e. The van der Waals surface area contributed by atoms with Gasteiger partial charge in [-0.15, -0.1) is 11.6 Å². The van der Waals surface area contributed by atoms with Crippen LogP contribution in [0.25, 0.3) is 0 Å². The highest BCUT2D eigenvalue weighted by Gasteiger charge is 2.20. The lowest BCUT2D eigenvalue weighted by atomic mass is 10.1. The maximum Gasteiger partial charge on any atom is 0.232 e. The van der Waals surface area contributed by atoms with Gasteiger partial charge in [0.15, 0.2) is 0 Å². The SMILES string of the molecule is CN1CCCC1CCOc1cnc(CCl)cn1. The molecule has 1 atom stereocenters. The van der Waals surface area contributed by atoms with E-state index in [1.165, 1.54) is 19.4 Å². The van der Waals surface area contributed by atoms with Crippen LogP contribution in [0.4, 0.5) is 0 Å². The van der Waals surface area contributed by atoms with E-state index in [2.05, 4.69) is 21.9 Å². The van der Waals surface area contributed by atoms with Crippen LogP contribution in [0.1, 0.15) is 25.0 Å². The summed E-state index contributed by atoms with van der Waals surface area (Å²) in [5.74, 6) is 0.972. The van der Waals surface area contributed by atoms with Crippen LogP contribution in [0.15, 0.2) is 12.4 Å². The molecule has 1 aromatic heterocycles. The number of hydrogen-bond donors (Lipinski definition) is 0. The molecule has 1 aromatic rings. The molecule has 1 aliphatic rings. The maximum atomic E-state index is 5.64. The van der Waals surface area contributed by atoms with Gasteiger partial charge in [0.05, 0.1) is 30.6 Å². The molecule has 0 aromatic carbocycles. The van der Waals surface area contributed by atoms with E-state index in [0.717, 1.165) is 12.1 Å². The van der Waals surface area contributed by atoms with Crippen LogP contribution >= 0.6 is 11.6 Å². The third-order valence-electron chi connectivity index (χ3n) is 3.19. The molecule has 0 bridgehead atoms. The van der Waals surface area contributed by atoms with Gasteiger partial charge in [0, 0.05) is 6.04 Å². The summed E-state index contributed by atoms with van der Waals surface area (Å²) in [7, 11) is 2.17. The number of nitrogens with zero attached hydrogens (tertiary/aromatic N) is 3. The van der Waals surface area contributed by atoms with E-state index in [1.807, 2.05) is 0 Å². The Balaban J connectivity index is 1.73. The summed E-state index contributed by atoms with van der Waals surface area (Å²) < 4.78 is 5.57. The van der Waals surface area contributed by atoms with E-state index in [-0.39, 0.29) is 0 Å². The van der Waals surface area contributed by atoms with Crippen LogP contribution in [-0.4, -0.2) is 41.1 Å². The lowest BCUT2D eigenvalue weighted by Crippen LogP contribution is -2.26. The average Bonchev–Trinajstić information content (AvgIpc) is 2.76. The van der Waals surface area contributed by atoms with Crippen molar-refractivity contribution in [3.63, 3.8) is 0 Å². The highest BCUT2D eigenvalue weighted by molar-refractivity contribution is 6.16. The Hall–Kier alpha value is -0.870. The molecular weight excluding hydrogens is 238 g/mol. The van der Waals surface area contributed by atoms with Crippen molar-refractivity contribution in [3.05, 3.63) is 18.1 Å². The van der Waals surface area contributed by atoms with Crippen molar-refractivity contribution in [1.82, 2.24) is 14.9 Å². The van der Waals surface area contributed by atoms with Crippen molar-refractivity contribution in [2.75, 3.05) is 20.2 Å². The predicted molar refractivity (Wildman–Crippen MR) is 67.4 cm³/mol. The van der Waals surface area contributed by atoms with Crippen LogP contribution in [0, 0.1) is 0 Å². The molecule has 94 valence electrons. The fourth-order valence-corrected chi connectivity index (χ4v) is 2.27. The first-order chi connectivity index (χ1) is 8.29. The van der Waals surface area contributed by atoms with Crippen LogP contribution in [0.3, 0.4) is 0 Å². The third kappa shape index (κ3) is 3.54. The van der Waals surface area contributed by atoms with E-state index in [0.29, 0.717) is 24.4 Å². The Morgan fingerprint density at radius 2 is 2.35 bits per heavy atom. The first-order valence-corrected chi connectivity index (χ1v) is 6.53. The first-order valence-electron chi connectivity index (χ1n) is 5.99. The molecule has 1 unspecified atom stereocenters. The number of alkyl halides is 1. The van der Waals surface area contributed by atoms with Gasteiger partial charge in [0.25, 0.3) is 0 Å². The van der Waals surface area contributed by atoms with Crippen molar-refractivity contribution >= 4 is 11.6 Å². The Labute approximate surface area is 107 Å². The molecule has 1 aliphatic heterocycles. The van der Waals surface area contributed by atoms with Crippen molar-refractivity contribution in [2.45, 2.75) is 31.2 Å². The van der Waals surface area contributed by atoms with E-state index < -0.39 is 0 Å². The Morgan fingerprint density at radius 1 is 1.47 bits per heavy atom. The number of likely N-dealkylation sites (tertiary alicyclic amines) is 1. The Kier molecular flexibility index (Phi) is 4.57. The van der Waals surface area contributed by atoms with E-state index >= 15 is 0 Å². The number of hydrogen-bond acceptors (Lipinski definition) is 4. The van der Waals surface area contributed by atoms with Gasteiger partial charge < -0.3 is 9.64 Å². The lowest BCUT2D eigenvalue weighted by Gasteiger charge is -2.18. The maximum absolute atomic E-state index is 5.64. The topological polar surface area (TPSA) is 38.2 Å². The van der Waals surface area contributed by atoms with E-state index in [4.69, 9.17) is 16.3 Å². The van der Waals surface area contributed by atoms with Gasteiger partial charge in [0.2, 0.25) is 5.88 Å². The van der Waals surface area contributed by atoms with Gasteiger partial charge in [-0.3, -0.25) is 4.98 Å². The van der Waals surface area contributed by atoms with Crippen molar-refractivity contribution in [3.8, 4) is 5.88 Å². The summed E-state index contributed by atoms with van der Waals surface area (Å²) in [6.45, 7) is 1.90. The molecule has 0 aliphatic carbocycles. The summed E-state index contributed by atoms with van der Waals surface area (Å²) in [6.07, 6.45) is 6.91. The molecule has 1 saturated heterocycles. The smallest absolute Gasteiger partial charge is 0.232 e. The lowest BCUT2D eigenvalue weighted by molar-refractivity contribution is 0.228. The van der Waals surface area contributed by atoms with Crippen LogP contribution in [0.5, 0.6) is 5.88 Å². The third-order valence-corrected chi connectivity index (χ3v) is 3.46. The number of aromatic nitrogens is 2. The summed E-state index contributed by atoms with van der Waals surface area (Å²) in [5, 5.41) is 0. The normalized spacial score (nSPS) is 20.7.